The molecule has 1 fully saturated rings. The van der Waals surface area contributed by atoms with E-state index in [0.717, 1.165) is 11.3 Å². The Morgan fingerprint density at radius 2 is 2.10 bits per heavy atom. The number of rotatable bonds is 4. The number of halogens is 1. The van der Waals surface area contributed by atoms with Crippen molar-refractivity contribution in [2.75, 3.05) is 7.11 Å². The highest BCUT2D eigenvalue weighted by atomic mass is 19.1. The van der Waals surface area contributed by atoms with Crippen LogP contribution in [0.15, 0.2) is 42.5 Å². The van der Waals surface area contributed by atoms with Gasteiger partial charge in [-0.3, -0.25) is 0 Å². The van der Waals surface area contributed by atoms with Crippen molar-refractivity contribution in [2.24, 2.45) is 5.92 Å². The van der Waals surface area contributed by atoms with Gasteiger partial charge in [-0.1, -0.05) is 24.3 Å². The molecule has 0 radical (unpaired) electrons. The second-order valence-corrected chi connectivity index (χ2v) is 5.96. The number of hydrogen-bond donors (Lipinski definition) is 1. The molecule has 0 saturated heterocycles. The summed E-state index contributed by atoms with van der Waals surface area (Å²) < 4.78 is 18.7. The van der Waals surface area contributed by atoms with Gasteiger partial charge in [0.1, 0.15) is 11.6 Å². The van der Waals surface area contributed by atoms with Crippen molar-refractivity contribution < 1.29 is 9.13 Å². The third kappa shape index (κ3) is 2.12. The van der Waals surface area contributed by atoms with Crippen LogP contribution in [-0.4, -0.2) is 13.2 Å². The van der Waals surface area contributed by atoms with Crippen LogP contribution in [0.2, 0.25) is 0 Å². The lowest BCUT2D eigenvalue weighted by atomic mass is 10.1. The van der Waals surface area contributed by atoms with E-state index in [1.165, 1.54) is 23.6 Å². The Hall–Kier alpha value is -1.87. The summed E-state index contributed by atoms with van der Waals surface area (Å²) in [6, 6.07) is 13.9. The highest BCUT2D eigenvalue weighted by molar-refractivity contribution is 5.45. The Morgan fingerprint density at radius 1 is 1.24 bits per heavy atom. The van der Waals surface area contributed by atoms with Gasteiger partial charge in [0, 0.05) is 24.1 Å². The number of ether oxygens (including phenoxy) is 1. The zero-order chi connectivity index (χ0) is 14.4. The molecular formula is C18H18FNO. The van der Waals surface area contributed by atoms with Crippen molar-refractivity contribution in [3.8, 4) is 5.75 Å². The molecule has 2 aliphatic carbocycles. The number of methoxy groups -OCH3 is 1. The number of benzene rings is 2. The Labute approximate surface area is 123 Å². The van der Waals surface area contributed by atoms with Gasteiger partial charge in [-0.2, -0.15) is 0 Å². The summed E-state index contributed by atoms with van der Waals surface area (Å²) in [6.45, 7) is 0.654. The van der Waals surface area contributed by atoms with E-state index in [1.807, 2.05) is 0 Å². The minimum atomic E-state index is -0.214. The molecule has 0 aliphatic heterocycles. The lowest BCUT2D eigenvalue weighted by Crippen LogP contribution is -2.21. The Bertz CT molecular complexity index is 685. The summed E-state index contributed by atoms with van der Waals surface area (Å²) in [5, 5.41) is 3.57. The number of fused-ring (bicyclic) bond motifs is 3. The molecule has 2 aromatic rings. The van der Waals surface area contributed by atoms with Crippen molar-refractivity contribution in [1.29, 1.82) is 0 Å². The van der Waals surface area contributed by atoms with E-state index in [4.69, 9.17) is 4.74 Å². The predicted molar refractivity (Wildman–Crippen MR) is 80.0 cm³/mol. The third-order valence-corrected chi connectivity index (χ3v) is 4.81. The quantitative estimate of drug-likeness (QED) is 0.930. The zero-order valence-corrected chi connectivity index (χ0v) is 12.0. The molecule has 2 nitrogen and oxygen atoms in total. The molecule has 0 aromatic heterocycles. The van der Waals surface area contributed by atoms with Crippen LogP contribution in [-0.2, 0) is 13.0 Å². The van der Waals surface area contributed by atoms with Gasteiger partial charge in [-0.05, 0) is 41.7 Å². The van der Waals surface area contributed by atoms with E-state index in [9.17, 15) is 4.39 Å². The average Bonchev–Trinajstić information content (AvgIpc) is 3.04. The molecule has 0 heterocycles. The van der Waals surface area contributed by atoms with Gasteiger partial charge in [0.25, 0.3) is 0 Å². The maximum Gasteiger partial charge on any atom is 0.123 e. The summed E-state index contributed by atoms with van der Waals surface area (Å²) in [5.41, 5.74) is 3.87. The largest absolute Gasteiger partial charge is 0.496 e. The maximum absolute atomic E-state index is 13.4. The first kappa shape index (κ1) is 12.8. The first-order chi connectivity index (χ1) is 10.3. The fourth-order valence-corrected chi connectivity index (χ4v) is 3.74. The van der Waals surface area contributed by atoms with Crippen LogP contribution < -0.4 is 10.1 Å². The second kappa shape index (κ2) is 4.85. The molecule has 108 valence electrons. The van der Waals surface area contributed by atoms with Crippen LogP contribution in [0.3, 0.4) is 0 Å². The van der Waals surface area contributed by atoms with Gasteiger partial charge >= 0.3 is 0 Å². The molecule has 3 heteroatoms. The number of hydrogen-bond acceptors (Lipinski definition) is 2. The number of nitrogens with one attached hydrogen (secondary N) is 1. The van der Waals surface area contributed by atoms with E-state index >= 15 is 0 Å². The summed E-state index contributed by atoms with van der Waals surface area (Å²) in [4.78, 5) is 0. The van der Waals surface area contributed by atoms with Crippen LogP contribution in [0, 0.1) is 11.7 Å². The highest BCUT2D eigenvalue weighted by Crippen LogP contribution is 2.56. The summed E-state index contributed by atoms with van der Waals surface area (Å²) in [7, 11) is 1.62. The maximum atomic E-state index is 13.4. The first-order valence-electron chi connectivity index (χ1n) is 7.41. The molecule has 3 unspecified atom stereocenters. The van der Waals surface area contributed by atoms with Gasteiger partial charge in [-0.25, -0.2) is 4.39 Å². The molecule has 0 amide bonds. The smallest absolute Gasteiger partial charge is 0.123 e. The lowest BCUT2D eigenvalue weighted by molar-refractivity contribution is 0.405. The SMILES string of the molecule is COc1ccc(F)cc1CNC1C2Cc3ccccc3C21. The monoisotopic (exact) mass is 283 g/mol. The molecule has 3 atom stereocenters. The van der Waals surface area contributed by atoms with E-state index in [-0.39, 0.29) is 5.82 Å². The van der Waals surface area contributed by atoms with Crippen LogP contribution in [0.25, 0.3) is 0 Å². The molecular weight excluding hydrogens is 265 g/mol. The molecule has 4 rings (SSSR count). The van der Waals surface area contributed by atoms with Crippen molar-refractivity contribution in [3.05, 3.63) is 65.0 Å². The summed E-state index contributed by atoms with van der Waals surface area (Å²) in [5.74, 6) is 1.88. The predicted octanol–water partition coefficient (Wildman–Crippen LogP) is 3.26. The summed E-state index contributed by atoms with van der Waals surface area (Å²) in [6.07, 6.45) is 1.17. The standard InChI is InChI=1S/C18H18FNO/c1-21-16-7-6-13(19)8-12(16)10-20-18-15-9-11-4-2-3-5-14(11)17(15)18/h2-8,15,17-18,20H,9-10H2,1H3. The second-order valence-electron chi connectivity index (χ2n) is 5.96. The van der Waals surface area contributed by atoms with E-state index in [1.54, 1.807) is 19.2 Å². The highest BCUT2D eigenvalue weighted by Gasteiger charge is 2.55. The Balaban J connectivity index is 1.45. The van der Waals surface area contributed by atoms with Gasteiger partial charge < -0.3 is 10.1 Å². The van der Waals surface area contributed by atoms with Gasteiger partial charge in [-0.15, -0.1) is 0 Å². The fraction of sp³-hybridized carbons (Fsp3) is 0.333. The molecule has 0 bridgehead atoms. The van der Waals surface area contributed by atoms with Crippen LogP contribution >= 0.6 is 0 Å². The Morgan fingerprint density at radius 3 is 2.95 bits per heavy atom. The zero-order valence-electron chi connectivity index (χ0n) is 12.0. The molecule has 1 saturated carbocycles. The molecule has 2 aliphatic rings. The first-order valence-corrected chi connectivity index (χ1v) is 7.41. The van der Waals surface area contributed by atoms with Crippen molar-refractivity contribution in [1.82, 2.24) is 5.32 Å². The van der Waals surface area contributed by atoms with Crippen molar-refractivity contribution in [2.45, 2.75) is 24.9 Å². The van der Waals surface area contributed by atoms with Crippen LogP contribution in [0.4, 0.5) is 4.39 Å². The molecule has 21 heavy (non-hydrogen) atoms. The van der Waals surface area contributed by atoms with E-state index in [0.29, 0.717) is 24.4 Å². The van der Waals surface area contributed by atoms with Crippen LogP contribution in [0.5, 0.6) is 5.75 Å². The summed E-state index contributed by atoms with van der Waals surface area (Å²) >= 11 is 0. The van der Waals surface area contributed by atoms with Gasteiger partial charge in [0.2, 0.25) is 0 Å². The topological polar surface area (TPSA) is 21.3 Å². The lowest BCUT2D eigenvalue weighted by Gasteiger charge is -2.12. The van der Waals surface area contributed by atoms with Crippen molar-refractivity contribution in [3.63, 3.8) is 0 Å². The van der Waals surface area contributed by atoms with Crippen LogP contribution in [0.1, 0.15) is 22.6 Å². The Kier molecular flexibility index (Phi) is 2.96. The minimum Gasteiger partial charge on any atom is -0.496 e. The molecule has 1 N–H and O–H groups in total. The minimum absolute atomic E-state index is 0.214. The normalized spacial score (nSPS) is 25.3. The average molecular weight is 283 g/mol. The molecule has 2 aromatic carbocycles. The van der Waals surface area contributed by atoms with Gasteiger partial charge in [0.05, 0.1) is 7.11 Å². The fourth-order valence-electron chi connectivity index (χ4n) is 3.74. The van der Waals surface area contributed by atoms with E-state index in [2.05, 4.69) is 29.6 Å². The van der Waals surface area contributed by atoms with Crippen molar-refractivity contribution >= 4 is 0 Å². The third-order valence-electron chi connectivity index (χ3n) is 4.81. The van der Waals surface area contributed by atoms with Gasteiger partial charge in [0.15, 0.2) is 0 Å². The molecule has 0 spiro atoms. The van der Waals surface area contributed by atoms with E-state index < -0.39 is 0 Å².